The largest absolute Gasteiger partial charge is 0.364 e. The van der Waals surface area contributed by atoms with Crippen LogP contribution in [0.3, 0.4) is 0 Å². The number of fused-ring (bicyclic) bond motifs is 1. The Hall–Kier alpha value is -2.16. The highest BCUT2D eigenvalue weighted by Gasteiger charge is 2.29. The highest BCUT2D eigenvalue weighted by molar-refractivity contribution is 5.80. The van der Waals surface area contributed by atoms with Crippen molar-refractivity contribution in [1.82, 2.24) is 0 Å². The van der Waals surface area contributed by atoms with E-state index in [0.717, 1.165) is 18.7 Å². The molecule has 0 saturated carbocycles. The van der Waals surface area contributed by atoms with Gasteiger partial charge < -0.3 is 4.90 Å². The van der Waals surface area contributed by atoms with E-state index in [-0.39, 0.29) is 11.9 Å². The second-order valence-electron chi connectivity index (χ2n) is 6.98. The molecule has 1 unspecified atom stereocenters. The molecule has 0 aliphatic carbocycles. The van der Waals surface area contributed by atoms with E-state index in [9.17, 15) is 9.18 Å². The fraction of sp³-hybridized carbons (Fsp3) is 0.381. The Balaban J connectivity index is 1.92. The topological polar surface area (TPSA) is 20.3 Å². The minimum Gasteiger partial charge on any atom is -0.364 e. The van der Waals surface area contributed by atoms with Gasteiger partial charge in [-0.15, -0.1) is 0 Å². The summed E-state index contributed by atoms with van der Waals surface area (Å²) in [5, 5.41) is 0. The van der Waals surface area contributed by atoms with Crippen LogP contribution < -0.4 is 4.90 Å². The second kappa shape index (κ2) is 7.16. The Morgan fingerprint density at radius 3 is 2.58 bits per heavy atom. The third-order valence-corrected chi connectivity index (χ3v) is 4.63. The van der Waals surface area contributed by atoms with Gasteiger partial charge in [0.15, 0.2) is 0 Å². The Labute approximate surface area is 143 Å². The average molecular weight is 325 g/mol. The van der Waals surface area contributed by atoms with Crippen LogP contribution in [0.2, 0.25) is 0 Å². The number of Topliss-reactive ketones (excluding diaryl/α,β-unsaturated/α-hetero) is 1. The molecule has 1 atom stereocenters. The lowest BCUT2D eigenvalue weighted by molar-refractivity contribution is -0.120. The summed E-state index contributed by atoms with van der Waals surface area (Å²) in [5.74, 6) is 0.429. The molecule has 126 valence electrons. The highest BCUT2D eigenvalue weighted by Crippen LogP contribution is 2.36. The zero-order valence-electron chi connectivity index (χ0n) is 14.3. The van der Waals surface area contributed by atoms with Crippen molar-refractivity contribution in [1.29, 1.82) is 0 Å². The number of nitrogens with zero attached hydrogens (tertiary/aromatic N) is 1. The maximum atomic E-state index is 13.3. The minimum atomic E-state index is -0.233. The zero-order valence-corrected chi connectivity index (χ0v) is 14.3. The van der Waals surface area contributed by atoms with Crippen molar-refractivity contribution in [3.05, 3.63) is 65.5 Å². The third kappa shape index (κ3) is 3.66. The van der Waals surface area contributed by atoms with Crippen molar-refractivity contribution in [2.75, 3.05) is 11.4 Å². The summed E-state index contributed by atoms with van der Waals surface area (Å²) in [6, 6.07) is 15.0. The average Bonchev–Trinajstić information content (AvgIpc) is 2.55. The van der Waals surface area contributed by atoms with Gasteiger partial charge in [0, 0.05) is 25.1 Å². The van der Waals surface area contributed by atoms with E-state index >= 15 is 0 Å². The number of hydrogen-bond acceptors (Lipinski definition) is 2. The Bertz CT molecular complexity index is 708. The van der Waals surface area contributed by atoms with E-state index < -0.39 is 0 Å². The van der Waals surface area contributed by atoms with Crippen LogP contribution in [-0.2, 0) is 11.2 Å². The molecule has 3 heteroatoms. The Morgan fingerprint density at radius 2 is 1.88 bits per heavy atom. The monoisotopic (exact) mass is 325 g/mol. The van der Waals surface area contributed by atoms with E-state index in [0.29, 0.717) is 24.5 Å². The molecule has 1 heterocycles. The second-order valence-corrected chi connectivity index (χ2v) is 6.98. The first-order valence-electron chi connectivity index (χ1n) is 8.66. The molecular weight excluding hydrogens is 301 g/mol. The fourth-order valence-corrected chi connectivity index (χ4v) is 3.57. The van der Waals surface area contributed by atoms with E-state index in [1.54, 1.807) is 0 Å². The first-order chi connectivity index (χ1) is 11.5. The molecule has 0 fully saturated rings. The van der Waals surface area contributed by atoms with Crippen molar-refractivity contribution in [2.24, 2.45) is 5.92 Å². The SMILES string of the molecule is CC(C)CC(=O)CC1c2ccccc2CCN1c1ccc(F)cc1. The van der Waals surface area contributed by atoms with Gasteiger partial charge in [-0.1, -0.05) is 38.1 Å². The van der Waals surface area contributed by atoms with Crippen molar-refractivity contribution in [3.63, 3.8) is 0 Å². The van der Waals surface area contributed by atoms with Crippen LogP contribution in [0.1, 0.15) is 43.9 Å². The van der Waals surface area contributed by atoms with Gasteiger partial charge in [-0.05, 0) is 47.7 Å². The molecule has 0 aromatic heterocycles. The molecule has 1 aliphatic heterocycles. The molecule has 2 aromatic carbocycles. The predicted octanol–water partition coefficient (Wildman–Crippen LogP) is 4.93. The van der Waals surface area contributed by atoms with Gasteiger partial charge >= 0.3 is 0 Å². The minimum absolute atomic E-state index is 0.0339. The number of rotatable bonds is 5. The maximum absolute atomic E-state index is 13.3. The third-order valence-electron chi connectivity index (χ3n) is 4.63. The number of carbonyl (C=O) groups excluding carboxylic acids is 1. The predicted molar refractivity (Wildman–Crippen MR) is 95.7 cm³/mol. The van der Waals surface area contributed by atoms with Crippen LogP contribution >= 0.6 is 0 Å². The van der Waals surface area contributed by atoms with E-state index in [4.69, 9.17) is 0 Å². The lowest BCUT2D eigenvalue weighted by Crippen LogP contribution is -2.36. The summed E-state index contributed by atoms with van der Waals surface area (Å²) in [6.07, 6.45) is 2.06. The standard InChI is InChI=1S/C21H24FNO/c1-15(2)13-19(24)14-21-20-6-4-3-5-16(20)11-12-23(21)18-9-7-17(22)8-10-18/h3-10,15,21H,11-14H2,1-2H3. The number of halogens is 1. The molecule has 24 heavy (non-hydrogen) atoms. The van der Waals surface area contributed by atoms with Gasteiger partial charge in [0.25, 0.3) is 0 Å². The summed E-state index contributed by atoms with van der Waals surface area (Å²) >= 11 is 0. The van der Waals surface area contributed by atoms with Crippen LogP contribution in [0.5, 0.6) is 0 Å². The molecule has 2 aromatic rings. The molecule has 0 radical (unpaired) electrons. The van der Waals surface area contributed by atoms with Crippen LogP contribution in [0.25, 0.3) is 0 Å². The van der Waals surface area contributed by atoms with Crippen molar-refractivity contribution < 1.29 is 9.18 Å². The number of ketones is 1. The number of carbonyl (C=O) groups is 1. The van der Waals surface area contributed by atoms with Crippen molar-refractivity contribution in [3.8, 4) is 0 Å². The van der Waals surface area contributed by atoms with E-state index in [1.165, 1.54) is 23.3 Å². The Morgan fingerprint density at radius 1 is 1.17 bits per heavy atom. The number of hydrogen-bond donors (Lipinski definition) is 0. The van der Waals surface area contributed by atoms with Crippen LogP contribution in [-0.4, -0.2) is 12.3 Å². The van der Waals surface area contributed by atoms with Crippen molar-refractivity contribution >= 4 is 11.5 Å². The van der Waals surface area contributed by atoms with Crippen LogP contribution in [0.4, 0.5) is 10.1 Å². The van der Waals surface area contributed by atoms with Gasteiger partial charge in [0.05, 0.1) is 6.04 Å². The quantitative estimate of drug-likeness (QED) is 0.776. The normalized spacial score (nSPS) is 17.0. The molecule has 0 saturated heterocycles. The molecule has 1 aliphatic rings. The van der Waals surface area contributed by atoms with Gasteiger partial charge in [0.1, 0.15) is 11.6 Å². The first-order valence-corrected chi connectivity index (χ1v) is 8.66. The Kier molecular flexibility index (Phi) is 4.98. The smallest absolute Gasteiger partial charge is 0.135 e. The van der Waals surface area contributed by atoms with Gasteiger partial charge in [-0.2, -0.15) is 0 Å². The molecular formula is C21H24FNO. The molecule has 2 nitrogen and oxygen atoms in total. The van der Waals surface area contributed by atoms with Gasteiger partial charge in [-0.25, -0.2) is 4.39 Å². The number of benzene rings is 2. The highest BCUT2D eigenvalue weighted by atomic mass is 19.1. The summed E-state index contributed by atoms with van der Waals surface area (Å²) in [4.78, 5) is 14.7. The molecule has 0 spiro atoms. The zero-order chi connectivity index (χ0) is 17.1. The van der Waals surface area contributed by atoms with Gasteiger partial charge in [0.2, 0.25) is 0 Å². The maximum Gasteiger partial charge on any atom is 0.135 e. The summed E-state index contributed by atoms with van der Waals surface area (Å²) in [7, 11) is 0. The van der Waals surface area contributed by atoms with E-state index in [2.05, 4.69) is 36.9 Å². The fourth-order valence-electron chi connectivity index (χ4n) is 3.57. The molecule has 0 N–H and O–H groups in total. The first kappa shape index (κ1) is 16.7. The molecule has 0 bridgehead atoms. The summed E-state index contributed by atoms with van der Waals surface area (Å²) in [5.41, 5.74) is 3.52. The van der Waals surface area contributed by atoms with Crippen molar-refractivity contribution in [2.45, 2.75) is 39.2 Å². The van der Waals surface area contributed by atoms with Crippen LogP contribution in [0.15, 0.2) is 48.5 Å². The van der Waals surface area contributed by atoms with Crippen LogP contribution in [0, 0.1) is 11.7 Å². The lowest BCUT2D eigenvalue weighted by Gasteiger charge is -2.39. The lowest BCUT2D eigenvalue weighted by atomic mass is 9.88. The summed E-state index contributed by atoms with van der Waals surface area (Å²) in [6.45, 7) is 5.00. The van der Waals surface area contributed by atoms with E-state index in [1.807, 2.05) is 18.2 Å². The molecule has 0 amide bonds. The number of anilines is 1. The van der Waals surface area contributed by atoms with Gasteiger partial charge in [-0.3, -0.25) is 4.79 Å². The summed E-state index contributed by atoms with van der Waals surface area (Å²) < 4.78 is 13.3. The molecule has 3 rings (SSSR count).